The predicted octanol–water partition coefficient (Wildman–Crippen LogP) is 2.78. The molecule has 0 unspecified atom stereocenters. The van der Waals surface area contributed by atoms with Gasteiger partial charge in [-0.05, 0) is 31.0 Å². The molecule has 0 radical (unpaired) electrons. The van der Waals surface area contributed by atoms with Crippen molar-refractivity contribution in [3.63, 3.8) is 0 Å². The minimum atomic E-state index is -0.136. The molecular weight excluding hydrogens is 334 g/mol. The van der Waals surface area contributed by atoms with Gasteiger partial charge in [0.25, 0.3) is 5.91 Å². The maximum Gasteiger partial charge on any atom is 0.258 e. The molecular formula is C13H15BrClNO3. The Kier molecular flexibility index (Phi) is 5.48. The van der Waals surface area contributed by atoms with E-state index in [1.54, 1.807) is 12.1 Å². The van der Waals surface area contributed by atoms with E-state index < -0.39 is 0 Å². The van der Waals surface area contributed by atoms with Gasteiger partial charge >= 0.3 is 0 Å². The summed E-state index contributed by atoms with van der Waals surface area (Å²) in [6.45, 7) is 1.36. The highest BCUT2D eigenvalue weighted by Gasteiger charge is 2.16. The molecule has 1 fully saturated rings. The Morgan fingerprint density at radius 2 is 2.21 bits per heavy atom. The molecule has 1 aliphatic rings. The van der Waals surface area contributed by atoms with Gasteiger partial charge in [0.2, 0.25) is 0 Å². The predicted molar refractivity (Wildman–Crippen MR) is 76.6 cm³/mol. The smallest absolute Gasteiger partial charge is 0.258 e. The number of benzene rings is 1. The van der Waals surface area contributed by atoms with Gasteiger partial charge in [-0.2, -0.15) is 0 Å². The van der Waals surface area contributed by atoms with Crippen molar-refractivity contribution in [2.75, 3.05) is 19.8 Å². The van der Waals surface area contributed by atoms with Crippen LogP contribution in [0.1, 0.15) is 12.8 Å². The van der Waals surface area contributed by atoms with Gasteiger partial charge < -0.3 is 14.8 Å². The van der Waals surface area contributed by atoms with Gasteiger partial charge in [-0.3, -0.25) is 4.79 Å². The Morgan fingerprint density at radius 1 is 1.47 bits per heavy atom. The average Bonchev–Trinajstić information content (AvgIpc) is 2.41. The van der Waals surface area contributed by atoms with Crippen molar-refractivity contribution in [3.8, 4) is 5.75 Å². The first-order chi connectivity index (χ1) is 9.15. The Labute approximate surface area is 125 Å². The van der Waals surface area contributed by atoms with E-state index in [2.05, 4.69) is 21.2 Å². The highest BCUT2D eigenvalue weighted by atomic mass is 79.9. The molecule has 2 rings (SSSR count). The molecule has 104 valence electrons. The standard InChI is InChI=1S/C13H15BrClNO3/c14-9-1-2-11(15)12(7-9)19-8-13(17)16-10-3-5-18-6-4-10/h1-2,7,10H,3-6,8H2,(H,16,17). The van der Waals surface area contributed by atoms with Crippen molar-refractivity contribution >= 4 is 33.4 Å². The van der Waals surface area contributed by atoms with E-state index in [0.29, 0.717) is 24.0 Å². The molecule has 1 aromatic rings. The number of halogens is 2. The summed E-state index contributed by atoms with van der Waals surface area (Å²) in [5, 5.41) is 3.41. The van der Waals surface area contributed by atoms with Crippen LogP contribution in [0.5, 0.6) is 5.75 Å². The second-order valence-electron chi connectivity index (χ2n) is 4.32. The SMILES string of the molecule is O=C(COc1cc(Br)ccc1Cl)NC1CCOCC1. The Hall–Kier alpha value is -0.780. The summed E-state index contributed by atoms with van der Waals surface area (Å²) < 4.78 is 11.5. The van der Waals surface area contributed by atoms with E-state index in [4.69, 9.17) is 21.1 Å². The second-order valence-corrected chi connectivity index (χ2v) is 5.64. The Morgan fingerprint density at radius 3 is 2.95 bits per heavy atom. The first-order valence-corrected chi connectivity index (χ1v) is 7.27. The van der Waals surface area contributed by atoms with Crippen molar-refractivity contribution < 1.29 is 14.3 Å². The molecule has 1 amide bonds. The molecule has 1 aliphatic heterocycles. The number of carbonyl (C=O) groups excluding carboxylic acids is 1. The van der Waals surface area contributed by atoms with E-state index >= 15 is 0 Å². The lowest BCUT2D eigenvalue weighted by Crippen LogP contribution is -2.41. The quantitative estimate of drug-likeness (QED) is 0.910. The average molecular weight is 349 g/mol. The molecule has 1 saturated heterocycles. The first kappa shape index (κ1) is 14.6. The van der Waals surface area contributed by atoms with Crippen LogP contribution in [0.15, 0.2) is 22.7 Å². The molecule has 1 aromatic carbocycles. The summed E-state index contributed by atoms with van der Waals surface area (Å²) in [5.74, 6) is 0.362. The summed E-state index contributed by atoms with van der Waals surface area (Å²) in [4.78, 5) is 11.7. The number of hydrogen-bond acceptors (Lipinski definition) is 3. The normalized spacial score (nSPS) is 16.1. The van der Waals surface area contributed by atoms with Crippen LogP contribution in [0.4, 0.5) is 0 Å². The fourth-order valence-corrected chi connectivity index (χ4v) is 2.35. The zero-order valence-corrected chi connectivity index (χ0v) is 12.7. The van der Waals surface area contributed by atoms with Gasteiger partial charge in [0.05, 0.1) is 5.02 Å². The third kappa shape index (κ3) is 4.67. The van der Waals surface area contributed by atoms with Crippen LogP contribution in [0.25, 0.3) is 0 Å². The molecule has 0 aromatic heterocycles. The van der Waals surface area contributed by atoms with Gasteiger partial charge in [-0.1, -0.05) is 27.5 Å². The lowest BCUT2D eigenvalue weighted by Gasteiger charge is -2.23. The van der Waals surface area contributed by atoms with Gasteiger partial charge in [0.15, 0.2) is 6.61 Å². The van der Waals surface area contributed by atoms with Crippen LogP contribution >= 0.6 is 27.5 Å². The lowest BCUT2D eigenvalue weighted by molar-refractivity contribution is -0.124. The summed E-state index contributed by atoms with van der Waals surface area (Å²) in [6.07, 6.45) is 1.70. The van der Waals surface area contributed by atoms with Crippen LogP contribution in [0, 0.1) is 0 Å². The third-order valence-corrected chi connectivity index (χ3v) is 3.64. The van der Waals surface area contributed by atoms with Crippen molar-refractivity contribution in [2.24, 2.45) is 0 Å². The molecule has 6 heteroatoms. The molecule has 0 atom stereocenters. The highest BCUT2D eigenvalue weighted by molar-refractivity contribution is 9.10. The summed E-state index contributed by atoms with van der Waals surface area (Å²) in [6, 6.07) is 5.46. The van der Waals surface area contributed by atoms with E-state index in [9.17, 15) is 4.79 Å². The molecule has 1 heterocycles. The van der Waals surface area contributed by atoms with Crippen LogP contribution in [-0.2, 0) is 9.53 Å². The molecule has 4 nitrogen and oxygen atoms in total. The molecule has 0 bridgehead atoms. The largest absolute Gasteiger partial charge is 0.482 e. The summed E-state index contributed by atoms with van der Waals surface area (Å²) >= 11 is 9.31. The van der Waals surface area contributed by atoms with Crippen LogP contribution in [0.3, 0.4) is 0 Å². The fraction of sp³-hybridized carbons (Fsp3) is 0.462. The number of hydrogen-bond donors (Lipinski definition) is 1. The van der Waals surface area contributed by atoms with Gasteiger partial charge in [-0.25, -0.2) is 0 Å². The lowest BCUT2D eigenvalue weighted by atomic mass is 10.1. The zero-order valence-electron chi connectivity index (χ0n) is 10.3. The molecule has 1 N–H and O–H groups in total. The van der Waals surface area contributed by atoms with Crippen molar-refractivity contribution in [2.45, 2.75) is 18.9 Å². The van der Waals surface area contributed by atoms with E-state index in [-0.39, 0.29) is 18.6 Å². The zero-order chi connectivity index (χ0) is 13.7. The minimum Gasteiger partial charge on any atom is -0.482 e. The van der Waals surface area contributed by atoms with Crippen molar-refractivity contribution in [3.05, 3.63) is 27.7 Å². The Bertz CT molecular complexity index is 450. The van der Waals surface area contributed by atoms with Crippen LogP contribution in [0.2, 0.25) is 5.02 Å². The number of nitrogens with one attached hydrogen (secondary N) is 1. The first-order valence-electron chi connectivity index (χ1n) is 6.10. The minimum absolute atomic E-state index is 0.0342. The van der Waals surface area contributed by atoms with Gasteiger partial charge in [-0.15, -0.1) is 0 Å². The van der Waals surface area contributed by atoms with Crippen LogP contribution < -0.4 is 10.1 Å². The number of amides is 1. The molecule has 0 saturated carbocycles. The van der Waals surface area contributed by atoms with Gasteiger partial charge in [0.1, 0.15) is 5.75 Å². The highest BCUT2D eigenvalue weighted by Crippen LogP contribution is 2.27. The van der Waals surface area contributed by atoms with Crippen molar-refractivity contribution in [1.29, 1.82) is 0 Å². The molecule has 0 spiro atoms. The summed E-state index contributed by atoms with van der Waals surface area (Å²) in [5.41, 5.74) is 0. The second kappa shape index (κ2) is 7.12. The van der Waals surface area contributed by atoms with Crippen LogP contribution in [-0.4, -0.2) is 31.8 Å². The van der Waals surface area contributed by atoms with E-state index in [1.807, 2.05) is 6.07 Å². The maximum atomic E-state index is 11.7. The van der Waals surface area contributed by atoms with Gasteiger partial charge in [0, 0.05) is 23.7 Å². The maximum absolute atomic E-state index is 11.7. The van der Waals surface area contributed by atoms with E-state index in [1.165, 1.54) is 0 Å². The monoisotopic (exact) mass is 347 g/mol. The third-order valence-electron chi connectivity index (χ3n) is 2.84. The van der Waals surface area contributed by atoms with E-state index in [0.717, 1.165) is 17.3 Å². The number of rotatable bonds is 4. The topological polar surface area (TPSA) is 47.6 Å². The van der Waals surface area contributed by atoms with Crippen molar-refractivity contribution in [1.82, 2.24) is 5.32 Å². The molecule has 19 heavy (non-hydrogen) atoms. The fourth-order valence-electron chi connectivity index (χ4n) is 1.84. The Balaban J connectivity index is 1.81. The number of carbonyl (C=O) groups is 1. The molecule has 0 aliphatic carbocycles. The number of ether oxygens (including phenoxy) is 2. The summed E-state index contributed by atoms with van der Waals surface area (Å²) in [7, 11) is 0.